The number of anilines is 1. The molecule has 130 valence electrons. The molecule has 0 bridgehead atoms. The number of benzene rings is 2. The van der Waals surface area contributed by atoms with Gasteiger partial charge in [-0.25, -0.2) is 4.79 Å². The summed E-state index contributed by atoms with van der Waals surface area (Å²) in [4.78, 5) is 24.0. The van der Waals surface area contributed by atoms with Crippen molar-refractivity contribution < 1.29 is 14.3 Å². The van der Waals surface area contributed by atoms with E-state index in [2.05, 4.69) is 5.32 Å². The summed E-state index contributed by atoms with van der Waals surface area (Å²) >= 11 is 12.4. The van der Waals surface area contributed by atoms with Crippen LogP contribution >= 0.6 is 23.2 Å². The van der Waals surface area contributed by atoms with Crippen molar-refractivity contribution >= 4 is 46.3 Å². The summed E-state index contributed by atoms with van der Waals surface area (Å²) in [6, 6.07) is 14.1. The molecule has 0 aliphatic heterocycles. The predicted octanol–water partition coefficient (Wildman–Crippen LogP) is 4.97. The SMILES string of the molecule is CC(C)OC(=O)C(=O)C=C(Nc1c(Cl)cccc1Cl)c1ccccc1. The van der Waals surface area contributed by atoms with Crippen LogP contribution in [0.3, 0.4) is 0 Å². The van der Waals surface area contributed by atoms with E-state index in [0.29, 0.717) is 27.0 Å². The van der Waals surface area contributed by atoms with E-state index in [-0.39, 0.29) is 6.10 Å². The van der Waals surface area contributed by atoms with Gasteiger partial charge in [-0.3, -0.25) is 4.79 Å². The maximum absolute atomic E-state index is 12.2. The molecule has 0 fully saturated rings. The monoisotopic (exact) mass is 377 g/mol. The molecule has 0 aromatic heterocycles. The Morgan fingerprint density at radius 2 is 1.60 bits per heavy atom. The lowest BCUT2D eigenvalue weighted by atomic mass is 10.1. The number of ketones is 1. The third-order valence-electron chi connectivity index (χ3n) is 3.13. The van der Waals surface area contributed by atoms with Crippen molar-refractivity contribution in [3.8, 4) is 0 Å². The minimum absolute atomic E-state index is 0.379. The molecule has 25 heavy (non-hydrogen) atoms. The van der Waals surface area contributed by atoms with E-state index in [1.807, 2.05) is 18.2 Å². The first-order valence-electron chi connectivity index (χ1n) is 7.61. The number of nitrogens with one attached hydrogen (secondary N) is 1. The molecule has 1 N–H and O–H groups in total. The second-order valence-corrected chi connectivity index (χ2v) is 6.28. The average molecular weight is 378 g/mol. The quantitative estimate of drug-likeness (QED) is 0.438. The summed E-state index contributed by atoms with van der Waals surface area (Å²) in [5.74, 6) is -1.70. The average Bonchev–Trinajstić information content (AvgIpc) is 2.57. The van der Waals surface area contributed by atoms with Crippen LogP contribution in [0.25, 0.3) is 5.70 Å². The largest absolute Gasteiger partial charge is 0.457 e. The maximum atomic E-state index is 12.2. The van der Waals surface area contributed by atoms with Crippen molar-refractivity contribution in [2.45, 2.75) is 20.0 Å². The molecule has 0 saturated heterocycles. The second kappa shape index (κ2) is 8.70. The van der Waals surface area contributed by atoms with E-state index in [0.717, 1.165) is 0 Å². The van der Waals surface area contributed by atoms with Crippen LogP contribution < -0.4 is 5.32 Å². The van der Waals surface area contributed by atoms with Crippen LogP contribution in [0.4, 0.5) is 5.69 Å². The molecule has 2 aromatic rings. The number of carbonyl (C=O) groups is 2. The fourth-order valence-corrected chi connectivity index (χ4v) is 2.52. The van der Waals surface area contributed by atoms with E-state index in [4.69, 9.17) is 27.9 Å². The predicted molar refractivity (Wildman–Crippen MR) is 101 cm³/mol. The standard InChI is InChI=1S/C19H17Cl2NO3/c1-12(2)25-19(24)17(23)11-16(13-7-4-3-5-8-13)22-18-14(20)9-6-10-15(18)21/h3-12,22H,1-2H3. The Hall–Kier alpha value is -2.30. The fraction of sp³-hybridized carbons (Fsp3) is 0.158. The van der Waals surface area contributed by atoms with Gasteiger partial charge in [0.05, 0.1) is 27.5 Å². The van der Waals surface area contributed by atoms with Gasteiger partial charge in [0.25, 0.3) is 5.78 Å². The first-order valence-corrected chi connectivity index (χ1v) is 8.37. The number of halogens is 2. The summed E-state index contributed by atoms with van der Waals surface area (Å²) < 4.78 is 4.93. The summed E-state index contributed by atoms with van der Waals surface area (Å²) in [5.41, 5.74) is 1.54. The number of para-hydroxylation sites is 1. The highest BCUT2D eigenvalue weighted by Gasteiger charge is 2.17. The molecular formula is C19H17Cl2NO3. The fourth-order valence-electron chi connectivity index (χ4n) is 2.02. The highest BCUT2D eigenvalue weighted by Crippen LogP contribution is 2.32. The molecule has 0 radical (unpaired) electrons. The van der Waals surface area contributed by atoms with Crippen LogP contribution in [0.5, 0.6) is 0 Å². The highest BCUT2D eigenvalue weighted by atomic mass is 35.5. The van der Waals surface area contributed by atoms with Gasteiger partial charge in [-0.05, 0) is 31.5 Å². The molecule has 0 aliphatic rings. The number of carbonyl (C=O) groups excluding carboxylic acids is 2. The second-order valence-electron chi connectivity index (χ2n) is 5.46. The first kappa shape index (κ1) is 19.0. The Kier molecular flexibility index (Phi) is 6.62. The first-order chi connectivity index (χ1) is 11.9. The molecule has 0 aliphatic carbocycles. The van der Waals surface area contributed by atoms with Gasteiger partial charge in [0.15, 0.2) is 0 Å². The van der Waals surface area contributed by atoms with Gasteiger partial charge in [0, 0.05) is 6.08 Å². The Labute approximate surface area is 156 Å². The molecule has 0 unspecified atom stereocenters. The van der Waals surface area contributed by atoms with Crippen molar-refractivity contribution in [3.05, 3.63) is 70.2 Å². The van der Waals surface area contributed by atoms with Gasteiger partial charge in [0.2, 0.25) is 0 Å². The third kappa shape index (κ3) is 5.34. The van der Waals surface area contributed by atoms with Gasteiger partial charge >= 0.3 is 5.97 Å². The van der Waals surface area contributed by atoms with E-state index in [9.17, 15) is 9.59 Å². The van der Waals surface area contributed by atoms with Gasteiger partial charge in [0.1, 0.15) is 0 Å². The summed E-state index contributed by atoms with van der Waals surface area (Å²) in [6.45, 7) is 3.35. The van der Waals surface area contributed by atoms with Gasteiger partial charge in [-0.15, -0.1) is 0 Å². The van der Waals surface area contributed by atoms with Crippen molar-refractivity contribution in [1.29, 1.82) is 0 Å². The molecule has 0 amide bonds. The number of hydrogen-bond donors (Lipinski definition) is 1. The van der Waals surface area contributed by atoms with Crippen molar-refractivity contribution in [1.82, 2.24) is 0 Å². The zero-order valence-electron chi connectivity index (χ0n) is 13.8. The minimum Gasteiger partial charge on any atom is -0.457 e. The lowest BCUT2D eigenvalue weighted by molar-refractivity contribution is -0.154. The molecule has 0 heterocycles. The summed E-state index contributed by atoms with van der Waals surface area (Å²) in [7, 11) is 0. The lowest BCUT2D eigenvalue weighted by Gasteiger charge is -2.14. The van der Waals surface area contributed by atoms with Crippen LogP contribution in [-0.4, -0.2) is 17.9 Å². The number of hydrogen-bond acceptors (Lipinski definition) is 4. The molecule has 4 nitrogen and oxygen atoms in total. The summed E-state index contributed by atoms with van der Waals surface area (Å²) in [5, 5.41) is 3.83. The maximum Gasteiger partial charge on any atom is 0.379 e. The third-order valence-corrected chi connectivity index (χ3v) is 3.76. The Bertz CT molecular complexity index is 781. The highest BCUT2D eigenvalue weighted by molar-refractivity contribution is 6.41. The van der Waals surface area contributed by atoms with E-state index >= 15 is 0 Å². The molecule has 0 saturated carbocycles. The zero-order valence-corrected chi connectivity index (χ0v) is 15.3. The molecule has 2 aromatic carbocycles. The Balaban J connectivity index is 2.39. The van der Waals surface area contributed by atoms with E-state index in [1.165, 1.54) is 6.08 Å². The van der Waals surface area contributed by atoms with Crippen molar-refractivity contribution in [3.63, 3.8) is 0 Å². The van der Waals surface area contributed by atoms with Gasteiger partial charge in [-0.1, -0.05) is 59.6 Å². The molecule has 0 atom stereocenters. The van der Waals surface area contributed by atoms with Crippen LogP contribution in [0.1, 0.15) is 19.4 Å². The zero-order chi connectivity index (χ0) is 18.4. The normalized spacial score (nSPS) is 11.3. The van der Waals surface area contributed by atoms with E-state index < -0.39 is 11.8 Å². The van der Waals surface area contributed by atoms with E-state index in [1.54, 1.807) is 44.2 Å². The smallest absolute Gasteiger partial charge is 0.379 e. The van der Waals surface area contributed by atoms with Gasteiger partial charge in [-0.2, -0.15) is 0 Å². The number of ether oxygens (including phenoxy) is 1. The molecule has 0 spiro atoms. The van der Waals surface area contributed by atoms with Crippen molar-refractivity contribution in [2.24, 2.45) is 0 Å². The van der Waals surface area contributed by atoms with Crippen LogP contribution in [0, 0.1) is 0 Å². The minimum atomic E-state index is -0.921. The molecule has 2 rings (SSSR count). The lowest BCUT2D eigenvalue weighted by Crippen LogP contribution is -2.20. The summed E-state index contributed by atoms with van der Waals surface area (Å²) in [6.07, 6.45) is 0.802. The van der Waals surface area contributed by atoms with Crippen molar-refractivity contribution in [2.75, 3.05) is 5.32 Å². The van der Waals surface area contributed by atoms with Gasteiger partial charge < -0.3 is 10.1 Å². The Morgan fingerprint density at radius 1 is 1.00 bits per heavy atom. The number of esters is 1. The topological polar surface area (TPSA) is 55.4 Å². The number of rotatable bonds is 6. The molecular weight excluding hydrogens is 361 g/mol. The van der Waals surface area contributed by atoms with Crippen LogP contribution in [0.2, 0.25) is 10.0 Å². The van der Waals surface area contributed by atoms with Crippen LogP contribution in [0.15, 0.2) is 54.6 Å². The Morgan fingerprint density at radius 3 is 2.16 bits per heavy atom. The molecule has 6 heteroatoms. The van der Waals surface area contributed by atoms with Crippen LogP contribution in [-0.2, 0) is 14.3 Å².